The van der Waals surface area contributed by atoms with E-state index in [0.717, 1.165) is 12.2 Å². The van der Waals surface area contributed by atoms with Crippen molar-refractivity contribution < 1.29 is 0 Å². The number of nitriles is 1. The Morgan fingerprint density at radius 1 is 1.86 bits per heavy atom. The zero-order valence-electron chi connectivity index (χ0n) is 8.10. The number of azide groups is 1. The highest BCUT2D eigenvalue weighted by Crippen LogP contribution is 2.34. The van der Waals surface area contributed by atoms with Crippen LogP contribution in [0.25, 0.3) is 10.4 Å². The smallest absolute Gasteiger partial charge is 0.119 e. The maximum Gasteiger partial charge on any atom is 0.119 e. The van der Waals surface area contributed by atoms with E-state index in [9.17, 15) is 0 Å². The molecule has 0 aromatic carbocycles. The monoisotopic (exact) mass is 211 g/mol. The molecule has 0 bridgehead atoms. The summed E-state index contributed by atoms with van der Waals surface area (Å²) in [7, 11) is 0. The average molecular weight is 211 g/mol. The maximum atomic E-state index is 9.11. The average Bonchev–Trinajstić information content (AvgIpc) is 2.56. The van der Waals surface area contributed by atoms with Gasteiger partial charge < -0.3 is 0 Å². The van der Waals surface area contributed by atoms with E-state index >= 15 is 0 Å². The highest BCUT2D eigenvalue weighted by atomic mass is 32.2. The van der Waals surface area contributed by atoms with Crippen molar-refractivity contribution in [1.82, 2.24) is 5.32 Å². The minimum atomic E-state index is -0.421. The molecule has 0 aromatic heterocycles. The number of nitrogens with one attached hydrogen (secondary N) is 1. The zero-order valence-corrected chi connectivity index (χ0v) is 8.92. The molecule has 76 valence electrons. The van der Waals surface area contributed by atoms with Gasteiger partial charge in [0.05, 0.1) is 6.07 Å². The van der Waals surface area contributed by atoms with Crippen LogP contribution in [0.3, 0.4) is 0 Å². The Kier molecular flexibility index (Phi) is 4.08. The van der Waals surface area contributed by atoms with Crippen LogP contribution < -0.4 is 5.32 Å². The first kappa shape index (κ1) is 11.2. The standard InChI is InChI=1S/C8H13N5S/c1-7-8(6-9,2-5-14-7)11-3-4-12-13-10/h7,11H,2-5H2,1H3. The molecule has 1 fully saturated rings. The van der Waals surface area contributed by atoms with Crippen LogP contribution in [0.4, 0.5) is 0 Å². The summed E-state index contributed by atoms with van der Waals surface area (Å²) in [6.07, 6.45) is 0.867. The van der Waals surface area contributed by atoms with Crippen LogP contribution in [0.5, 0.6) is 0 Å². The maximum absolute atomic E-state index is 9.11. The number of hydrogen-bond acceptors (Lipinski definition) is 4. The minimum Gasteiger partial charge on any atom is -0.298 e. The van der Waals surface area contributed by atoms with Gasteiger partial charge in [-0.15, -0.1) is 0 Å². The Balaban J connectivity index is 2.46. The third-order valence-corrected chi connectivity index (χ3v) is 3.82. The summed E-state index contributed by atoms with van der Waals surface area (Å²) in [4.78, 5) is 2.66. The van der Waals surface area contributed by atoms with Crippen LogP contribution in [0.1, 0.15) is 13.3 Å². The summed E-state index contributed by atoms with van der Waals surface area (Å²) in [6.45, 7) is 3.03. The highest BCUT2D eigenvalue weighted by Gasteiger charge is 2.40. The lowest BCUT2D eigenvalue weighted by Gasteiger charge is -2.26. The topological polar surface area (TPSA) is 84.6 Å². The van der Waals surface area contributed by atoms with Gasteiger partial charge in [-0.25, -0.2) is 0 Å². The Bertz CT molecular complexity index is 280. The van der Waals surface area contributed by atoms with E-state index in [1.165, 1.54) is 0 Å². The van der Waals surface area contributed by atoms with Crippen molar-refractivity contribution >= 4 is 11.8 Å². The third kappa shape index (κ3) is 2.32. The normalized spacial score (nSPS) is 30.7. The predicted molar refractivity (Wildman–Crippen MR) is 56.9 cm³/mol. The molecule has 1 aliphatic heterocycles. The van der Waals surface area contributed by atoms with Crippen LogP contribution in [-0.4, -0.2) is 29.6 Å². The van der Waals surface area contributed by atoms with Crippen molar-refractivity contribution in [1.29, 1.82) is 5.26 Å². The van der Waals surface area contributed by atoms with E-state index in [1.807, 2.05) is 0 Å². The van der Waals surface area contributed by atoms with Crippen LogP contribution in [-0.2, 0) is 0 Å². The van der Waals surface area contributed by atoms with Gasteiger partial charge in [-0.05, 0) is 17.7 Å². The van der Waals surface area contributed by atoms with Crippen molar-refractivity contribution in [3.63, 3.8) is 0 Å². The number of hydrogen-bond donors (Lipinski definition) is 1. The lowest BCUT2D eigenvalue weighted by Crippen LogP contribution is -2.49. The number of nitrogens with zero attached hydrogens (tertiary/aromatic N) is 4. The van der Waals surface area contributed by atoms with Crippen LogP contribution >= 0.6 is 11.8 Å². The molecule has 0 aliphatic carbocycles. The second-order valence-corrected chi connectivity index (χ2v) is 4.68. The number of rotatable bonds is 4. The molecule has 5 nitrogen and oxygen atoms in total. The van der Waals surface area contributed by atoms with Gasteiger partial charge in [-0.2, -0.15) is 17.0 Å². The molecule has 6 heteroatoms. The fourth-order valence-electron chi connectivity index (χ4n) is 1.53. The molecule has 1 aliphatic rings. The first-order valence-corrected chi connectivity index (χ1v) is 5.59. The third-order valence-electron chi connectivity index (χ3n) is 2.47. The lowest BCUT2D eigenvalue weighted by atomic mass is 9.95. The molecule has 0 aromatic rings. The van der Waals surface area contributed by atoms with E-state index in [0.29, 0.717) is 18.3 Å². The van der Waals surface area contributed by atoms with Gasteiger partial charge in [-0.1, -0.05) is 12.0 Å². The van der Waals surface area contributed by atoms with Crippen molar-refractivity contribution in [2.24, 2.45) is 5.11 Å². The summed E-state index contributed by atoms with van der Waals surface area (Å²) < 4.78 is 0. The molecule has 1 N–H and O–H groups in total. The van der Waals surface area contributed by atoms with E-state index in [2.05, 4.69) is 28.3 Å². The van der Waals surface area contributed by atoms with E-state index in [-0.39, 0.29) is 0 Å². The van der Waals surface area contributed by atoms with Crippen molar-refractivity contribution in [3.8, 4) is 6.07 Å². The van der Waals surface area contributed by atoms with Gasteiger partial charge in [0, 0.05) is 23.3 Å². The van der Waals surface area contributed by atoms with Crippen LogP contribution in [0.2, 0.25) is 0 Å². The Morgan fingerprint density at radius 2 is 2.64 bits per heavy atom. The Morgan fingerprint density at radius 3 is 3.14 bits per heavy atom. The zero-order chi connectivity index (χ0) is 10.4. The fourth-order valence-corrected chi connectivity index (χ4v) is 2.87. The minimum absolute atomic E-state index is 0.304. The first-order valence-electron chi connectivity index (χ1n) is 4.54. The SMILES string of the molecule is CC1SCCC1(C#N)NCCN=[N+]=[N-]. The molecule has 0 amide bonds. The van der Waals surface area contributed by atoms with Gasteiger partial charge in [-0.3, -0.25) is 5.32 Å². The van der Waals surface area contributed by atoms with E-state index in [1.54, 1.807) is 11.8 Å². The summed E-state index contributed by atoms with van der Waals surface area (Å²) in [5, 5.41) is 16.0. The second-order valence-electron chi connectivity index (χ2n) is 3.23. The largest absolute Gasteiger partial charge is 0.298 e. The molecular formula is C8H13N5S. The molecule has 0 saturated carbocycles. The molecule has 1 heterocycles. The van der Waals surface area contributed by atoms with E-state index in [4.69, 9.17) is 10.8 Å². The van der Waals surface area contributed by atoms with Gasteiger partial charge in [0.25, 0.3) is 0 Å². The fraction of sp³-hybridized carbons (Fsp3) is 0.875. The van der Waals surface area contributed by atoms with Gasteiger partial charge in [0.15, 0.2) is 0 Å². The Hall–Kier alpha value is -0.890. The quantitative estimate of drug-likeness (QED) is 0.332. The predicted octanol–water partition coefficient (Wildman–Crippen LogP) is 1.67. The molecule has 1 saturated heterocycles. The molecule has 0 radical (unpaired) electrons. The first-order chi connectivity index (χ1) is 6.75. The summed E-state index contributed by atoms with van der Waals surface area (Å²) >= 11 is 1.80. The number of thioether (sulfide) groups is 1. The van der Waals surface area contributed by atoms with E-state index < -0.39 is 5.54 Å². The van der Waals surface area contributed by atoms with Gasteiger partial charge in [0.1, 0.15) is 5.54 Å². The second kappa shape index (κ2) is 5.11. The molecule has 2 atom stereocenters. The van der Waals surface area contributed by atoms with Crippen LogP contribution in [0, 0.1) is 11.3 Å². The van der Waals surface area contributed by atoms with Crippen LogP contribution in [0.15, 0.2) is 5.11 Å². The lowest BCUT2D eigenvalue weighted by molar-refractivity contribution is 0.419. The van der Waals surface area contributed by atoms with Crippen molar-refractivity contribution in [2.45, 2.75) is 24.1 Å². The molecular weight excluding hydrogens is 198 g/mol. The van der Waals surface area contributed by atoms with Crippen molar-refractivity contribution in [2.75, 3.05) is 18.8 Å². The highest BCUT2D eigenvalue weighted by molar-refractivity contribution is 8.00. The van der Waals surface area contributed by atoms with Gasteiger partial charge >= 0.3 is 0 Å². The molecule has 14 heavy (non-hydrogen) atoms. The Labute approximate surface area is 87.5 Å². The molecule has 1 rings (SSSR count). The molecule has 0 spiro atoms. The summed E-state index contributed by atoms with van der Waals surface area (Å²) in [6, 6.07) is 2.34. The summed E-state index contributed by atoms with van der Waals surface area (Å²) in [5.74, 6) is 1.02. The van der Waals surface area contributed by atoms with Crippen molar-refractivity contribution in [3.05, 3.63) is 10.4 Å². The van der Waals surface area contributed by atoms with Gasteiger partial charge in [0.2, 0.25) is 0 Å². The molecule has 2 unspecified atom stereocenters. The summed E-state index contributed by atoms with van der Waals surface area (Å²) in [5.41, 5.74) is 7.67.